The number of alkyl halides is 3. The molecular weight excluding hydrogens is 556 g/mol. The van der Waals surface area contributed by atoms with Crippen LogP contribution in [0.3, 0.4) is 0 Å². The van der Waals surface area contributed by atoms with E-state index >= 15 is 0 Å². The lowest BCUT2D eigenvalue weighted by molar-refractivity contribution is -0.137. The molecule has 1 spiro atoms. The van der Waals surface area contributed by atoms with Crippen LogP contribution in [0.1, 0.15) is 44.1 Å². The molecule has 200 valence electrons. The van der Waals surface area contributed by atoms with Crippen molar-refractivity contribution < 1.29 is 31.2 Å². The molecule has 2 fully saturated rings. The molecule has 1 aliphatic heterocycles. The number of hydrogen-bond donors (Lipinski definition) is 2. The lowest BCUT2D eigenvalue weighted by Crippen LogP contribution is -2.34. The molecule has 1 saturated carbocycles. The van der Waals surface area contributed by atoms with Gasteiger partial charge in [0.25, 0.3) is 0 Å². The number of hydrogen-bond acceptors (Lipinski definition) is 6. The van der Waals surface area contributed by atoms with E-state index in [4.69, 9.17) is 23.2 Å². The Morgan fingerprint density at radius 2 is 1.76 bits per heavy atom. The molecule has 2 N–H and O–H groups in total. The number of anilines is 2. The summed E-state index contributed by atoms with van der Waals surface area (Å²) in [6.45, 7) is 0.180. The second-order valence-corrected chi connectivity index (χ2v) is 11.6. The highest BCUT2D eigenvalue weighted by molar-refractivity contribution is 7.89. The number of halogens is 5. The molecule has 4 rings (SSSR count). The topological polar surface area (TPSA) is 108 Å². The van der Waals surface area contributed by atoms with E-state index in [2.05, 4.69) is 15.0 Å². The highest BCUT2D eigenvalue weighted by Gasteiger charge is 2.53. The summed E-state index contributed by atoms with van der Waals surface area (Å²) < 4.78 is 65.9. The first-order chi connectivity index (χ1) is 17.3. The Labute approximate surface area is 221 Å². The quantitative estimate of drug-likeness (QED) is 0.336. The van der Waals surface area contributed by atoms with Gasteiger partial charge in [-0.2, -0.15) is 13.2 Å². The molecule has 0 atom stereocenters. The number of amides is 2. The van der Waals surface area contributed by atoms with Gasteiger partial charge in [0.1, 0.15) is 5.82 Å². The van der Waals surface area contributed by atoms with Gasteiger partial charge in [-0.25, -0.2) is 23.0 Å². The molecule has 0 radical (unpaired) electrons. The van der Waals surface area contributed by atoms with Crippen LogP contribution in [-0.4, -0.2) is 38.3 Å². The third-order valence-electron chi connectivity index (χ3n) is 6.53. The van der Waals surface area contributed by atoms with Crippen molar-refractivity contribution in [2.45, 2.75) is 49.6 Å². The minimum absolute atomic E-state index is 0.00141. The van der Waals surface area contributed by atoms with Crippen LogP contribution in [0.25, 0.3) is 0 Å². The number of carbonyl (C=O) groups excluding carboxylic acids is 2. The SMILES string of the molecule is O=C1CC2(CCCC2)C(=O)N1c1ccc(S(=O)(=O)NCCCNc2ncc(C(F)(F)F)cc2Cl)cc1Cl. The third kappa shape index (κ3) is 5.71. The van der Waals surface area contributed by atoms with Gasteiger partial charge in [-0.1, -0.05) is 36.0 Å². The van der Waals surface area contributed by atoms with E-state index in [9.17, 15) is 31.2 Å². The Morgan fingerprint density at radius 3 is 2.38 bits per heavy atom. The first-order valence-corrected chi connectivity index (χ1v) is 13.7. The summed E-state index contributed by atoms with van der Waals surface area (Å²) >= 11 is 12.1. The molecule has 1 aliphatic carbocycles. The van der Waals surface area contributed by atoms with E-state index in [0.29, 0.717) is 19.0 Å². The summed E-state index contributed by atoms with van der Waals surface area (Å²) in [6.07, 6.45) is -0.447. The lowest BCUT2D eigenvalue weighted by atomic mass is 9.84. The first-order valence-electron chi connectivity index (χ1n) is 11.5. The summed E-state index contributed by atoms with van der Waals surface area (Å²) in [5, 5.41) is 2.51. The van der Waals surface area contributed by atoms with Crippen molar-refractivity contribution in [3.8, 4) is 0 Å². The van der Waals surface area contributed by atoms with Crippen molar-refractivity contribution in [2.75, 3.05) is 23.3 Å². The maximum absolute atomic E-state index is 13.0. The number of nitrogens with zero attached hydrogens (tertiary/aromatic N) is 2. The van der Waals surface area contributed by atoms with Crippen LogP contribution >= 0.6 is 23.2 Å². The number of rotatable bonds is 8. The van der Waals surface area contributed by atoms with Gasteiger partial charge in [-0.15, -0.1) is 0 Å². The van der Waals surface area contributed by atoms with E-state index in [0.717, 1.165) is 23.8 Å². The highest BCUT2D eigenvalue weighted by Crippen LogP contribution is 2.49. The molecule has 2 aliphatic rings. The van der Waals surface area contributed by atoms with Gasteiger partial charge in [-0.05, 0) is 43.5 Å². The molecular formula is C23H23Cl2F3N4O4S. The maximum atomic E-state index is 13.0. The number of benzene rings is 1. The average Bonchev–Trinajstić information content (AvgIpc) is 3.38. The van der Waals surface area contributed by atoms with Crippen LogP contribution in [-0.2, 0) is 25.8 Å². The molecule has 0 bridgehead atoms. The zero-order valence-corrected chi connectivity index (χ0v) is 21.7. The van der Waals surface area contributed by atoms with Crippen LogP contribution in [0.2, 0.25) is 10.0 Å². The number of imide groups is 1. The third-order valence-corrected chi connectivity index (χ3v) is 8.58. The van der Waals surface area contributed by atoms with Crippen molar-refractivity contribution in [3.63, 3.8) is 0 Å². The maximum Gasteiger partial charge on any atom is 0.417 e. The molecule has 2 aromatic rings. The summed E-state index contributed by atoms with van der Waals surface area (Å²) in [5.74, 6) is -0.594. The van der Waals surface area contributed by atoms with Gasteiger partial charge >= 0.3 is 6.18 Å². The monoisotopic (exact) mass is 578 g/mol. The largest absolute Gasteiger partial charge is 0.417 e. The van der Waals surface area contributed by atoms with Crippen molar-refractivity contribution in [1.29, 1.82) is 0 Å². The Hall–Kier alpha value is -2.41. The van der Waals surface area contributed by atoms with E-state index in [1.807, 2.05) is 0 Å². The molecule has 14 heteroatoms. The first kappa shape index (κ1) is 27.6. The van der Waals surface area contributed by atoms with E-state index in [-0.39, 0.29) is 64.2 Å². The fraction of sp³-hybridized carbons (Fsp3) is 0.435. The van der Waals surface area contributed by atoms with Crippen LogP contribution in [0.5, 0.6) is 0 Å². The Kier molecular flexibility index (Phi) is 7.76. The average molecular weight is 579 g/mol. The molecule has 37 heavy (non-hydrogen) atoms. The zero-order chi connectivity index (χ0) is 27.0. The summed E-state index contributed by atoms with van der Waals surface area (Å²) in [7, 11) is -3.96. The van der Waals surface area contributed by atoms with Gasteiger partial charge in [-0.3, -0.25) is 9.59 Å². The molecule has 8 nitrogen and oxygen atoms in total. The van der Waals surface area contributed by atoms with Crippen LogP contribution in [0, 0.1) is 5.41 Å². The standard InChI is InChI=1S/C23H23Cl2F3N4O4S/c24-16-11-15(4-5-18(16)32-19(33)12-22(21(32)34)6-1-2-7-22)37(35,36)31-9-3-8-29-20-17(25)10-14(13-30-20)23(26,27)28/h4-5,10-11,13,31H,1-3,6-9,12H2,(H,29,30). The number of aromatic nitrogens is 1. The van der Waals surface area contributed by atoms with Crippen LogP contribution < -0.4 is 14.9 Å². The molecule has 2 amide bonds. The smallest absolute Gasteiger partial charge is 0.369 e. The summed E-state index contributed by atoms with van der Waals surface area (Å²) in [4.78, 5) is 30.2. The fourth-order valence-electron chi connectivity index (χ4n) is 4.62. The van der Waals surface area contributed by atoms with Gasteiger partial charge < -0.3 is 5.32 Å². The molecule has 1 aromatic carbocycles. The number of pyridine rings is 1. The number of nitrogens with one attached hydrogen (secondary N) is 2. The van der Waals surface area contributed by atoms with Gasteiger partial charge in [0.15, 0.2) is 0 Å². The van der Waals surface area contributed by atoms with E-state index in [1.165, 1.54) is 18.2 Å². The van der Waals surface area contributed by atoms with Crippen molar-refractivity contribution in [1.82, 2.24) is 9.71 Å². The van der Waals surface area contributed by atoms with Gasteiger partial charge in [0.05, 0.1) is 31.6 Å². The normalized spacial score (nSPS) is 17.7. The van der Waals surface area contributed by atoms with Crippen LogP contribution in [0.4, 0.5) is 24.7 Å². The summed E-state index contributed by atoms with van der Waals surface area (Å²) in [6, 6.07) is 4.56. The van der Waals surface area contributed by atoms with E-state index in [1.54, 1.807) is 0 Å². The predicted octanol–water partition coefficient (Wildman–Crippen LogP) is 5.01. The summed E-state index contributed by atoms with van der Waals surface area (Å²) in [5.41, 5.74) is -1.50. The Morgan fingerprint density at radius 1 is 1.05 bits per heavy atom. The highest BCUT2D eigenvalue weighted by atomic mass is 35.5. The minimum atomic E-state index is -4.56. The molecule has 1 aromatic heterocycles. The second-order valence-electron chi connectivity index (χ2n) is 9.04. The molecule has 0 unspecified atom stereocenters. The lowest BCUT2D eigenvalue weighted by Gasteiger charge is -2.21. The van der Waals surface area contributed by atoms with Gasteiger partial charge in [0.2, 0.25) is 21.8 Å². The van der Waals surface area contributed by atoms with Crippen molar-refractivity contribution in [2.24, 2.45) is 5.41 Å². The van der Waals surface area contributed by atoms with Crippen molar-refractivity contribution in [3.05, 3.63) is 46.1 Å². The Balaban J connectivity index is 1.34. The minimum Gasteiger partial charge on any atom is -0.369 e. The predicted molar refractivity (Wildman–Crippen MR) is 132 cm³/mol. The van der Waals surface area contributed by atoms with Crippen molar-refractivity contribution >= 4 is 56.5 Å². The molecule has 2 heterocycles. The number of carbonyl (C=O) groups is 2. The van der Waals surface area contributed by atoms with E-state index < -0.39 is 27.2 Å². The zero-order valence-electron chi connectivity index (χ0n) is 19.4. The second kappa shape index (κ2) is 10.4. The number of sulfonamides is 1. The van der Waals surface area contributed by atoms with Crippen LogP contribution in [0.15, 0.2) is 35.4 Å². The fourth-order valence-corrected chi connectivity index (χ4v) is 6.29. The molecule has 1 saturated heterocycles. The Bertz CT molecular complexity index is 1330. The van der Waals surface area contributed by atoms with Gasteiger partial charge in [0, 0.05) is 25.7 Å².